The van der Waals surface area contributed by atoms with E-state index in [9.17, 15) is 8.42 Å². The van der Waals surface area contributed by atoms with E-state index in [0.29, 0.717) is 24.6 Å². The van der Waals surface area contributed by atoms with Gasteiger partial charge in [-0.3, -0.25) is 0 Å². The van der Waals surface area contributed by atoms with Gasteiger partial charge in [-0.25, -0.2) is 8.42 Å². The molecule has 7 heteroatoms. The van der Waals surface area contributed by atoms with Crippen molar-refractivity contribution in [2.45, 2.75) is 23.3 Å². The number of hydrogen-bond acceptors (Lipinski definition) is 4. The van der Waals surface area contributed by atoms with Crippen LogP contribution >= 0.6 is 12.4 Å². The monoisotopic (exact) mass is 380 g/mol. The highest BCUT2D eigenvalue weighted by atomic mass is 35.5. The molecule has 2 N–H and O–H groups in total. The third kappa shape index (κ3) is 3.27. The van der Waals surface area contributed by atoms with Gasteiger partial charge < -0.3 is 10.5 Å². The summed E-state index contributed by atoms with van der Waals surface area (Å²) < 4.78 is 32.9. The Kier molecular flexibility index (Phi) is 5.06. The lowest BCUT2D eigenvalue weighted by Gasteiger charge is -2.17. The van der Waals surface area contributed by atoms with Crippen LogP contribution in [0.2, 0.25) is 0 Å². The van der Waals surface area contributed by atoms with E-state index in [1.54, 1.807) is 18.2 Å². The van der Waals surface area contributed by atoms with E-state index in [1.807, 2.05) is 30.3 Å². The maximum Gasteiger partial charge on any atom is 0.243 e. The molecule has 5 nitrogen and oxygen atoms in total. The third-order valence-corrected chi connectivity index (χ3v) is 6.69. The fraction of sp³-hybridized carbons (Fsp3) is 0.333. The lowest BCUT2D eigenvalue weighted by Crippen LogP contribution is -2.32. The van der Waals surface area contributed by atoms with Crippen LogP contribution in [-0.2, 0) is 16.4 Å². The molecule has 2 heterocycles. The highest BCUT2D eigenvalue weighted by molar-refractivity contribution is 7.89. The summed E-state index contributed by atoms with van der Waals surface area (Å²) in [5, 5.41) is 0. The van der Waals surface area contributed by atoms with Gasteiger partial charge in [0.15, 0.2) is 0 Å². The second-order valence-corrected chi connectivity index (χ2v) is 8.31. The molecule has 0 bridgehead atoms. The predicted octanol–water partition coefficient (Wildman–Crippen LogP) is 2.16. The normalized spacial score (nSPS) is 22.9. The first-order chi connectivity index (χ1) is 11.6. The van der Waals surface area contributed by atoms with E-state index in [1.165, 1.54) is 4.31 Å². The molecule has 4 rings (SSSR count). The maximum absolute atomic E-state index is 13.0. The van der Waals surface area contributed by atoms with Crippen molar-refractivity contribution in [1.29, 1.82) is 0 Å². The SMILES string of the molecule is Cl.N[C@@H]1CN(S(=O)(=O)c2ccc3c(c2)CCO3)C[C@H]1c1ccccc1. The smallest absolute Gasteiger partial charge is 0.243 e. The summed E-state index contributed by atoms with van der Waals surface area (Å²) in [4.78, 5) is 0.327. The van der Waals surface area contributed by atoms with Crippen molar-refractivity contribution < 1.29 is 13.2 Å². The van der Waals surface area contributed by atoms with Crippen LogP contribution < -0.4 is 10.5 Å². The Hall–Kier alpha value is -1.60. The molecule has 134 valence electrons. The Morgan fingerprint density at radius 2 is 1.84 bits per heavy atom. The number of hydrogen-bond donors (Lipinski definition) is 1. The summed E-state index contributed by atoms with van der Waals surface area (Å²) in [5.74, 6) is 0.813. The quantitative estimate of drug-likeness (QED) is 0.885. The molecular formula is C18H21ClN2O3S. The summed E-state index contributed by atoms with van der Waals surface area (Å²) in [6, 6.07) is 14.8. The van der Waals surface area contributed by atoms with Crippen molar-refractivity contribution >= 4 is 22.4 Å². The molecule has 0 aliphatic carbocycles. The van der Waals surface area contributed by atoms with E-state index in [2.05, 4.69) is 0 Å². The van der Waals surface area contributed by atoms with E-state index in [4.69, 9.17) is 10.5 Å². The summed E-state index contributed by atoms with van der Waals surface area (Å²) in [6.07, 6.45) is 0.755. The minimum atomic E-state index is -3.54. The molecule has 2 atom stereocenters. The van der Waals surface area contributed by atoms with Gasteiger partial charge >= 0.3 is 0 Å². The molecule has 25 heavy (non-hydrogen) atoms. The standard InChI is InChI=1S/C18H20N2O3S.ClH/c19-17-12-20(11-16(17)13-4-2-1-3-5-13)24(21,22)15-6-7-18-14(10-15)8-9-23-18;/h1-7,10,16-17H,8-9,11-12,19H2;1H/t16-,17+;/m0./s1. The molecule has 1 fully saturated rings. The van der Waals surface area contributed by atoms with Crippen molar-refractivity contribution in [2.24, 2.45) is 5.73 Å². The van der Waals surface area contributed by atoms with Gasteiger partial charge in [0.05, 0.1) is 11.5 Å². The van der Waals surface area contributed by atoms with Crippen LogP contribution in [0.15, 0.2) is 53.4 Å². The fourth-order valence-corrected chi connectivity index (χ4v) is 5.07. The number of halogens is 1. The first-order valence-electron chi connectivity index (χ1n) is 8.12. The van der Waals surface area contributed by atoms with Crippen molar-refractivity contribution in [3.05, 3.63) is 59.7 Å². The summed E-state index contributed by atoms with van der Waals surface area (Å²) in [7, 11) is -3.54. The van der Waals surface area contributed by atoms with Gasteiger partial charge in [0.25, 0.3) is 0 Å². The van der Waals surface area contributed by atoms with Crippen LogP contribution in [0.25, 0.3) is 0 Å². The Morgan fingerprint density at radius 3 is 2.60 bits per heavy atom. The van der Waals surface area contributed by atoms with Gasteiger partial charge in [0, 0.05) is 31.5 Å². The highest BCUT2D eigenvalue weighted by Crippen LogP contribution is 2.33. The van der Waals surface area contributed by atoms with Crippen LogP contribution in [-0.4, -0.2) is 38.5 Å². The molecule has 0 aromatic heterocycles. The van der Waals surface area contributed by atoms with Gasteiger partial charge in [-0.2, -0.15) is 4.31 Å². The van der Waals surface area contributed by atoms with E-state index in [0.717, 1.165) is 23.3 Å². The zero-order valence-corrected chi connectivity index (χ0v) is 15.3. The fourth-order valence-electron chi connectivity index (χ4n) is 3.51. The Labute approximate surface area is 154 Å². The topological polar surface area (TPSA) is 72.6 Å². The first kappa shape index (κ1) is 18.2. The van der Waals surface area contributed by atoms with Crippen molar-refractivity contribution in [2.75, 3.05) is 19.7 Å². The first-order valence-corrected chi connectivity index (χ1v) is 9.56. The molecule has 0 unspecified atom stereocenters. The molecule has 0 saturated carbocycles. The van der Waals surface area contributed by atoms with Crippen molar-refractivity contribution in [3.63, 3.8) is 0 Å². The number of ether oxygens (including phenoxy) is 1. The van der Waals surface area contributed by atoms with Gasteiger partial charge in [0.1, 0.15) is 5.75 Å². The molecular weight excluding hydrogens is 360 g/mol. The number of rotatable bonds is 3. The second kappa shape index (κ2) is 6.96. The zero-order valence-electron chi connectivity index (χ0n) is 13.7. The highest BCUT2D eigenvalue weighted by Gasteiger charge is 2.38. The van der Waals surface area contributed by atoms with E-state index >= 15 is 0 Å². The number of nitrogens with zero attached hydrogens (tertiary/aromatic N) is 1. The molecule has 1 saturated heterocycles. The molecule has 2 aromatic rings. The lowest BCUT2D eigenvalue weighted by atomic mass is 9.95. The van der Waals surface area contributed by atoms with Gasteiger partial charge in [0.2, 0.25) is 10.0 Å². The minimum Gasteiger partial charge on any atom is -0.493 e. The van der Waals surface area contributed by atoms with Crippen LogP contribution in [0, 0.1) is 0 Å². The largest absolute Gasteiger partial charge is 0.493 e. The van der Waals surface area contributed by atoms with Crippen LogP contribution in [0.1, 0.15) is 17.0 Å². The molecule has 0 amide bonds. The van der Waals surface area contributed by atoms with E-state index in [-0.39, 0.29) is 24.4 Å². The number of fused-ring (bicyclic) bond motifs is 1. The molecule has 0 spiro atoms. The predicted molar refractivity (Wildman–Crippen MR) is 98.8 cm³/mol. The van der Waals surface area contributed by atoms with Gasteiger partial charge in [-0.15, -0.1) is 12.4 Å². The lowest BCUT2D eigenvalue weighted by molar-refractivity contribution is 0.356. The van der Waals surface area contributed by atoms with E-state index < -0.39 is 10.0 Å². The van der Waals surface area contributed by atoms with Gasteiger partial charge in [-0.1, -0.05) is 30.3 Å². The number of sulfonamides is 1. The third-order valence-electron chi connectivity index (χ3n) is 4.86. The number of nitrogens with two attached hydrogens (primary N) is 1. The van der Waals surface area contributed by atoms with Crippen LogP contribution in [0.5, 0.6) is 5.75 Å². The summed E-state index contributed by atoms with van der Waals surface area (Å²) in [5.41, 5.74) is 8.29. The number of benzene rings is 2. The maximum atomic E-state index is 13.0. The summed E-state index contributed by atoms with van der Waals surface area (Å²) in [6.45, 7) is 1.38. The van der Waals surface area contributed by atoms with Crippen LogP contribution in [0.4, 0.5) is 0 Å². The zero-order chi connectivity index (χ0) is 16.7. The Morgan fingerprint density at radius 1 is 1.08 bits per heavy atom. The molecule has 2 aliphatic rings. The summed E-state index contributed by atoms with van der Waals surface area (Å²) >= 11 is 0. The van der Waals surface area contributed by atoms with Crippen molar-refractivity contribution in [3.8, 4) is 5.75 Å². The second-order valence-electron chi connectivity index (χ2n) is 6.37. The average molecular weight is 381 g/mol. The molecule has 2 aromatic carbocycles. The van der Waals surface area contributed by atoms with Crippen LogP contribution in [0.3, 0.4) is 0 Å². The Bertz CT molecular complexity index is 858. The molecule has 2 aliphatic heterocycles. The van der Waals surface area contributed by atoms with Gasteiger partial charge in [-0.05, 0) is 29.3 Å². The van der Waals surface area contributed by atoms with Crippen molar-refractivity contribution in [1.82, 2.24) is 4.31 Å². The minimum absolute atomic E-state index is 0. The molecule has 0 radical (unpaired) electrons. The Balaban J connectivity index is 0.00000182. The average Bonchev–Trinajstić information content (AvgIpc) is 3.21.